The van der Waals surface area contributed by atoms with E-state index in [1.54, 1.807) is 28.8 Å². The minimum absolute atomic E-state index is 0.0561. The van der Waals surface area contributed by atoms with Gasteiger partial charge in [-0.25, -0.2) is 14.8 Å². The molecule has 0 saturated carbocycles. The van der Waals surface area contributed by atoms with Crippen molar-refractivity contribution in [1.29, 1.82) is 0 Å². The van der Waals surface area contributed by atoms with Gasteiger partial charge < -0.3 is 20.9 Å². The highest BCUT2D eigenvalue weighted by Gasteiger charge is 2.29. The number of aromatic nitrogens is 4. The highest BCUT2D eigenvalue weighted by Crippen LogP contribution is 2.40. The first-order valence-corrected chi connectivity index (χ1v) is 12.2. The average Bonchev–Trinajstić information content (AvgIpc) is 3.56. The highest BCUT2D eigenvalue weighted by atomic mass is 32.1. The van der Waals surface area contributed by atoms with Crippen molar-refractivity contribution in [2.24, 2.45) is 5.92 Å². The fourth-order valence-electron chi connectivity index (χ4n) is 4.77. The van der Waals surface area contributed by atoms with Crippen molar-refractivity contribution >= 4 is 55.9 Å². The van der Waals surface area contributed by atoms with Crippen LogP contribution >= 0.6 is 11.3 Å². The smallest absolute Gasteiger partial charge is 0.317 e. The molecule has 3 amide bonds. The van der Waals surface area contributed by atoms with Gasteiger partial charge in [0.1, 0.15) is 17.0 Å². The summed E-state index contributed by atoms with van der Waals surface area (Å²) in [5, 5.41) is 18.4. The largest absolute Gasteiger partial charge is 0.354 e. The van der Waals surface area contributed by atoms with E-state index in [0.29, 0.717) is 32.6 Å². The first-order chi connectivity index (χ1) is 16.7. The Hall–Kier alpha value is -3.73. The summed E-state index contributed by atoms with van der Waals surface area (Å²) in [6.07, 6.45) is 5.68. The molecule has 4 heterocycles. The van der Waals surface area contributed by atoms with Gasteiger partial charge >= 0.3 is 6.03 Å². The van der Waals surface area contributed by atoms with Crippen LogP contribution < -0.4 is 16.0 Å². The van der Waals surface area contributed by atoms with E-state index in [2.05, 4.69) is 36.1 Å². The molecule has 0 bridgehead atoms. The molecule has 6 rings (SSSR count). The second-order valence-electron chi connectivity index (χ2n) is 8.65. The Labute approximate surface area is 199 Å². The molecule has 3 aromatic heterocycles. The standard InChI is InChI=1S/C23H24N8O2S/c32-21(24-5-7-31-8-6-25-23(31)33)13-1-3-16-18(10-13)34-22-19(16)20(26-12-27-22)29-15-2-4-17-14(9-15)11-28-30-17/h2,4,9,11-13H,1,3,5-8,10H2,(H,24,32)(H,25,33)(H,28,30)(H,26,27,29). The normalized spacial score (nSPS) is 17.7. The second-order valence-corrected chi connectivity index (χ2v) is 9.74. The van der Waals surface area contributed by atoms with Gasteiger partial charge in [-0.05, 0) is 43.0 Å². The van der Waals surface area contributed by atoms with E-state index in [-0.39, 0.29) is 17.9 Å². The van der Waals surface area contributed by atoms with Crippen molar-refractivity contribution in [2.75, 3.05) is 31.5 Å². The minimum atomic E-state index is -0.0687. The molecule has 174 valence electrons. The fraction of sp³-hybridized carbons (Fsp3) is 0.348. The van der Waals surface area contributed by atoms with Crippen molar-refractivity contribution < 1.29 is 9.59 Å². The van der Waals surface area contributed by atoms with Gasteiger partial charge in [-0.3, -0.25) is 9.89 Å². The number of benzene rings is 1. The number of urea groups is 1. The number of H-pyrrole nitrogens is 1. The Kier molecular flexibility index (Phi) is 5.25. The maximum Gasteiger partial charge on any atom is 0.317 e. The number of nitrogens with zero attached hydrogens (tertiary/aromatic N) is 4. The van der Waals surface area contributed by atoms with E-state index in [4.69, 9.17) is 0 Å². The van der Waals surface area contributed by atoms with Crippen LogP contribution in [0.15, 0.2) is 30.7 Å². The van der Waals surface area contributed by atoms with Crippen LogP contribution in [-0.2, 0) is 17.6 Å². The predicted octanol–water partition coefficient (Wildman–Crippen LogP) is 2.56. The summed E-state index contributed by atoms with van der Waals surface area (Å²) < 4.78 is 0. The van der Waals surface area contributed by atoms with Crippen LogP contribution in [0.25, 0.3) is 21.1 Å². The van der Waals surface area contributed by atoms with Crippen molar-refractivity contribution in [3.8, 4) is 0 Å². The lowest BCUT2D eigenvalue weighted by Crippen LogP contribution is -2.40. The van der Waals surface area contributed by atoms with E-state index in [1.165, 1.54) is 10.4 Å². The van der Waals surface area contributed by atoms with Crippen molar-refractivity contribution in [3.05, 3.63) is 41.2 Å². The highest BCUT2D eigenvalue weighted by molar-refractivity contribution is 7.19. The molecule has 4 aromatic rings. The molecule has 1 unspecified atom stereocenters. The van der Waals surface area contributed by atoms with Gasteiger partial charge in [-0.15, -0.1) is 11.3 Å². The Morgan fingerprint density at radius 2 is 2.24 bits per heavy atom. The third kappa shape index (κ3) is 3.81. The van der Waals surface area contributed by atoms with Crippen LogP contribution in [0.1, 0.15) is 16.9 Å². The zero-order valence-corrected chi connectivity index (χ0v) is 19.2. The number of thiophene rings is 1. The van der Waals surface area contributed by atoms with Gasteiger partial charge in [0.2, 0.25) is 5.91 Å². The van der Waals surface area contributed by atoms with Crippen LogP contribution in [0.4, 0.5) is 16.3 Å². The number of carbonyl (C=O) groups excluding carboxylic acids is 2. The van der Waals surface area contributed by atoms with Crippen molar-refractivity contribution in [2.45, 2.75) is 19.3 Å². The van der Waals surface area contributed by atoms with Crippen LogP contribution in [-0.4, -0.2) is 63.2 Å². The molecule has 1 aromatic carbocycles. The molecule has 0 spiro atoms. The molecular formula is C23H24N8O2S. The Morgan fingerprint density at radius 1 is 1.29 bits per heavy atom. The number of hydrogen-bond acceptors (Lipinski definition) is 7. The van der Waals surface area contributed by atoms with Crippen LogP contribution in [0.5, 0.6) is 0 Å². The topological polar surface area (TPSA) is 128 Å². The van der Waals surface area contributed by atoms with E-state index in [0.717, 1.165) is 45.5 Å². The van der Waals surface area contributed by atoms with Gasteiger partial charge in [0.05, 0.1) is 17.1 Å². The molecule has 1 fully saturated rings. The summed E-state index contributed by atoms with van der Waals surface area (Å²) in [4.78, 5) is 37.4. The van der Waals surface area contributed by atoms with Gasteiger partial charge in [-0.1, -0.05) is 0 Å². The molecule has 34 heavy (non-hydrogen) atoms. The summed E-state index contributed by atoms with van der Waals surface area (Å²) in [6.45, 7) is 2.37. The quantitative estimate of drug-likeness (QED) is 0.339. The molecule has 1 saturated heterocycles. The van der Waals surface area contributed by atoms with Crippen LogP contribution in [0, 0.1) is 5.92 Å². The predicted molar refractivity (Wildman–Crippen MR) is 130 cm³/mol. The summed E-state index contributed by atoms with van der Waals surface area (Å²) in [7, 11) is 0. The average molecular weight is 477 g/mol. The Balaban J connectivity index is 1.17. The van der Waals surface area contributed by atoms with Crippen molar-refractivity contribution in [3.63, 3.8) is 0 Å². The third-order valence-electron chi connectivity index (χ3n) is 6.55. The minimum Gasteiger partial charge on any atom is -0.354 e. The zero-order chi connectivity index (χ0) is 23.1. The first kappa shape index (κ1) is 20.8. The molecule has 1 atom stereocenters. The SMILES string of the molecule is O=C(NCCN1CCNC1=O)C1CCc2c(sc3ncnc(Nc4ccc5[nH]ncc5c4)c23)C1. The molecule has 1 aliphatic carbocycles. The van der Waals surface area contributed by atoms with Gasteiger partial charge in [-0.2, -0.15) is 5.10 Å². The Morgan fingerprint density at radius 3 is 3.12 bits per heavy atom. The molecule has 11 heteroatoms. The maximum absolute atomic E-state index is 12.8. The summed E-state index contributed by atoms with van der Waals surface area (Å²) >= 11 is 1.65. The van der Waals surface area contributed by atoms with Crippen LogP contribution in [0.3, 0.4) is 0 Å². The molecule has 10 nitrogen and oxygen atoms in total. The molecule has 2 aliphatic rings. The third-order valence-corrected chi connectivity index (χ3v) is 7.71. The van der Waals surface area contributed by atoms with Crippen molar-refractivity contribution in [1.82, 2.24) is 35.7 Å². The van der Waals surface area contributed by atoms with E-state index >= 15 is 0 Å². The number of nitrogens with one attached hydrogen (secondary N) is 4. The lowest BCUT2D eigenvalue weighted by atomic mass is 9.87. The molecule has 1 aliphatic heterocycles. The lowest BCUT2D eigenvalue weighted by Gasteiger charge is -2.22. The summed E-state index contributed by atoms with van der Waals surface area (Å²) in [6, 6.07) is 5.97. The maximum atomic E-state index is 12.8. The Bertz CT molecular complexity index is 1400. The van der Waals surface area contributed by atoms with Gasteiger partial charge in [0, 0.05) is 48.0 Å². The number of anilines is 2. The van der Waals surface area contributed by atoms with Gasteiger partial charge in [0.25, 0.3) is 0 Å². The fourth-order valence-corrected chi connectivity index (χ4v) is 6.04. The summed E-state index contributed by atoms with van der Waals surface area (Å²) in [5.74, 6) is 0.776. The molecule has 4 N–H and O–H groups in total. The number of rotatable bonds is 6. The number of aryl methyl sites for hydroxylation is 1. The monoisotopic (exact) mass is 476 g/mol. The molecule has 0 radical (unpaired) electrons. The van der Waals surface area contributed by atoms with Gasteiger partial charge in [0.15, 0.2) is 0 Å². The van der Waals surface area contributed by atoms with E-state index in [9.17, 15) is 9.59 Å². The number of fused-ring (bicyclic) bond motifs is 4. The number of amides is 3. The van der Waals surface area contributed by atoms with E-state index < -0.39 is 0 Å². The van der Waals surface area contributed by atoms with E-state index in [1.807, 2.05) is 18.2 Å². The number of hydrogen-bond donors (Lipinski definition) is 4. The lowest BCUT2D eigenvalue weighted by molar-refractivity contribution is -0.125. The zero-order valence-electron chi connectivity index (χ0n) is 18.4. The first-order valence-electron chi connectivity index (χ1n) is 11.4. The summed E-state index contributed by atoms with van der Waals surface area (Å²) in [5.41, 5.74) is 3.16. The second kappa shape index (κ2) is 8.56. The van der Waals surface area contributed by atoms with Crippen LogP contribution in [0.2, 0.25) is 0 Å². The number of aromatic amines is 1. The molecular weight excluding hydrogens is 452 g/mol. The number of carbonyl (C=O) groups is 2.